The minimum Gasteiger partial charge on any atom is -0.508 e. The Morgan fingerprint density at radius 1 is 0.603 bits per heavy atom. The van der Waals surface area contributed by atoms with Gasteiger partial charge >= 0.3 is 0 Å². The van der Waals surface area contributed by atoms with Crippen molar-refractivity contribution in [1.82, 2.24) is 9.97 Å². The number of phenolic OH excluding ortho intramolecular Hbond substituents is 1. The van der Waals surface area contributed by atoms with E-state index < -0.39 is 35.5 Å². The summed E-state index contributed by atoms with van der Waals surface area (Å²) in [4.78, 5) is 69.7. The van der Waals surface area contributed by atoms with Gasteiger partial charge in [0.15, 0.2) is 11.2 Å². The highest BCUT2D eigenvalue weighted by molar-refractivity contribution is 6.24. The molecule has 7 aromatic rings. The van der Waals surface area contributed by atoms with E-state index in [1.54, 1.807) is 67.6 Å². The van der Waals surface area contributed by atoms with Gasteiger partial charge in [0, 0.05) is 17.0 Å². The van der Waals surface area contributed by atoms with Gasteiger partial charge in [-0.25, -0.2) is 9.97 Å². The number of aryl methyl sites for hydroxylation is 1. The van der Waals surface area contributed by atoms with E-state index in [1.807, 2.05) is 60.7 Å². The number of aromatic hydroxyl groups is 1. The number of rotatable bonds is 5. The van der Waals surface area contributed by atoms with Crippen molar-refractivity contribution in [2.24, 2.45) is 29.6 Å². The molecule has 2 aliphatic carbocycles. The number of nitrogens with zero attached hydrogens (tertiary/aromatic N) is 4. The van der Waals surface area contributed by atoms with E-state index in [0.717, 1.165) is 22.2 Å². The van der Waals surface area contributed by atoms with Crippen LogP contribution in [0.1, 0.15) is 29.9 Å². The quantitative estimate of drug-likeness (QED) is 0.135. The van der Waals surface area contributed by atoms with Gasteiger partial charge < -0.3 is 13.9 Å². The van der Waals surface area contributed by atoms with Crippen LogP contribution in [-0.4, -0.2) is 38.7 Å². The van der Waals surface area contributed by atoms with Gasteiger partial charge in [0.25, 0.3) is 0 Å². The molecular formula is C47H34N4O7. The maximum Gasteiger partial charge on any atom is 0.238 e. The SMILES string of the molecule is Cc1cc([C@H]2C3=CC[C@@H]4C(=O)N(c5ccc(-c6nc7ccccc7o6)cc5)C(=O)[C@@H]4[C@@H]3C[C@H]3C(=O)N(c4ccc(-c5nc6ccccc6o5)cc4)C(=O)[C@@H]23)ccc1O. The number of aromatic nitrogens is 2. The van der Waals surface area contributed by atoms with Crippen LogP contribution in [-0.2, 0) is 19.2 Å². The van der Waals surface area contributed by atoms with Crippen molar-refractivity contribution >= 4 is 57.2 Å². The summed E-state index contributed by atoms with van der Waals surface area (Å²) in [6.45, 7) is 1.79. The fourth-order valence-corrected chi connectivity index (χ4v) is 9.84. The topological polar surface area (TPSA) is 147 Å². The molecule has 0 radical (unpaired) electrons. The van der Waals surface area contributed by atoms with Gasteiger partial charge in [-0.1, -0.05) is 48.0 Å². The predicted molar refractivity (Wildman–Crippen MR) is 214 cm³/mol. The number of carbonyl (C=O) groups is 4. The first-order valence-corrected chi connectivity index (χ1v) is 19.4. The Morgan fingerprint density at radius 2 is 1.14 bits per heavy atom. The van der Waals surface area contributed by atoms with E-state index >= 15 is 0 Å². The maximum atomic E-state index is 14.7. The number of hydrogen-bond donors (Lipinski definition) is 1. The first-order chi connectivity index (χ1) is 28.2. The Hall–Kier alpha value is -7.14. The standard InChI is InChI=1S/C47H34N4O7/c1-24-22-27(14-21-36(24)52)39-30-19-20-31-40(46(55)50(44(31)53)28-15-10-25(11-16-28)42-48-34-6-2-4-8-37(34)57-42)32(30)23-33-41(39)47(56)51(45(33)54)29-17-12-26(13-18-29)43-49-35-7-3-5-9-38(35)58-43/h2-19,21-22,31-33,39-41,52H,20,23H2,1H3/t31-,32+,33+,39-,40-,41+/m0/s1. The van der Waals surface area contributed by atoms with Crippen molar-refractivity contribution in [3.05, 3.63) is 138 Å². The molecular weight excluding hydrogens is 733 g/mol. The predicted octanol–water partition coefficient (Wildman–Crippen LogP) is 8.36. The van der Waals surface area contributed by atoms with Crippen molar-refractivity contribution in [2.45, 2.75) is 25.7 Å². The molecule has 2 saturated heterocycles. The molecule has 5 aromatic carbocycles. The number of para-hydroxylation sites is 4. The first kappa shape index (κ1) is 34.1. The van der Waals surface area contributed by atoms with Crippen molar-refractivity contribution in [3.63, 3.8) is 0 Å². The van der Waals surface area contributed by atoms with Gasteiger partial charge in [-0.3, -0.25) is 29.0 Å². The summed E-state index contributed by atoms with van der Waals surface area (Å²) in [6, 6.07) is 34.3. The number of anilines is 2. The summed E-state index contributed by atoms with van der Waals surface area (Å²) < 4.78 is 11.9. The summed E-state index contributed by atoms with van der Waals surface area (Å²) in [6.07, 6.45) is 2.60. The number of hydrogen-bond acceptors (Lipinski definition) is 9. The monoisotopic (exact) mass is 766 g/mol. The number of phenols is 1. The number of amides is 4. The third-order valence-electron chi connectivity index (χ3n) is 12.6. The van der Waals surface area contributed by atoms with Crippen LogP contribution in [0.2, 0.25) is 0 Å². The van der Waals surface area contributed by atoms with Crippen molar-refractivity contribution in [3.8, 4) is 28.7 Å². The Kier molecular flexibility index (Phi) is 7.47. The molecule has 11 nitrogen and oxygen atoms in total. The van der Waals surface area contributed by atoms with Crippen LogP contribution in [0.25, 0.3) is 45.1 Å². The fraction of sp³-hybridized carbons (Fsp3) is 0.191. The molecule has 11 rings (SSSR count). The fourth-order valence-electron chi connectivity index (χ4n) is 9.84. The summed E-state index contributed by atoms with van der Waals surface area (Å²) in [5, 5.41) is 10.5. The lowest BCUT2D eigenvalue weighted by Gasteiger charge is -2.44. The summed E-state index contributed by atoms with van der Waals surface area (Å²) in [5.41, 5.74) is 7.36. The second-order valence-electron chi connectivity index (χ2n) is 15.7. The highest BCUT2D eigenvalue weighted by Crippen LogP contribution is 2.58. The van der Waals surface area contributed by atoms with Crippen LogP contribution in [0.5, 0.6) is 5.75 Å². The minimum atomic E-state index is -0.741. The largest absolute Gasteiger partial charge is 0.508 e. The Labute approximate surface area is 331 Å². The van der Waals surface area contributed by atoms with E-state index in [2.05, 4.69) is 9.97 Å². The highest BCUT2D eigenvalue weighted by atomic mass is 16.4. The maximum absolute atomic E-state index is 14.7. The minimum absolute atomic E-state index is 0.120. The van der Waals surface area contributed by atoms with Gasteiger partial charge in [-0.15, -0.1) is 0 Å². The molecule has 4 amide bonds. The average molecular weight is 767 g/mol. The number of oxazole rings is 2. The normalized spacial score (nSPS) is 24.1. The van der Waals surface area contributed by atoms with Gasteiger partial charge in [0.05, 0.1) is 35.0 Å². The molecule has 0 bridgehead atoms. The van der Waals surface area contributed by atoms with Gasteiger partial charge in [-0.2, -0.15) is 0 Å². The highest BCUT2D eigenvalue weighted by Gasteiger charge is 2.62. The van der Waals surface area contributed by atoms with Gasteiger partial charge in [-0.05, 0) is 116 Å². The van der Waals surface area contributed by atoms with Gasteiger partial charge in [0.1, 0.15) is 16.8 Å². The molecule has 284 valence electrons. The molecule has 1 saturated carbocycles. The number of imide groups is 2. The van der Waals surface area contributed by atoms with E-state index in [4.69, 9.17) is 8.83 Å². The third kappa shape index (κ3) is 5.05. The van der Waals surface area contributed by atoms with E-state index in [1.165, 1.54) is 9.80 Å². The van der Waals surface area contributed by atoms with Crippen LogP contribution in [0.15, 0.2) is 136 Å². The van der Waals surface area contributed by atoms with Crippen molar-refractivity contribution in [2.75, 3.05) is 9.80 Å². The van der Waals surface area contributed by atoms with Crippen LogP contribution >= 0.6 is 0 Å². The molecule has 2 aliphatic heterocycles. The zero-order valence-corrected chi connectivity index (χ0v) is 31.1. The zero-order chi connectivity index (χ0) is 39.4. The van der Waals surface area contributed by atoms with Crippen molar-refractivity contribution in [1.29, 1.82) is 0 Å². The molecule has 3 fully saturated rings. The summed E-state index contributed by atoms with van der Waals surface area (Å²) in [5.74, 6) is -4.08. The second-order valence-corrected chi connectivity index (χ2v) is 15.7. The van der Waals surface area contributed by atoms with E-state index in [9.17, 15) is 24.3 Å². The zero-order valence-electron chi connectivity index (χ0n) is 31.1. The number of benzene rings is 5. The Bertz CT molecular complexity index is 2840. The summed E-state index contributed by atoms with van der Waals surface area (Å²) in [7, 11) is 0. The van der Waals surface area contributed by atoms with E-state index in [0.29, 0.717) is 57.4 Å². The molecule has 4 aliphatic rings. The molecule has 11 heteroatoms. The average Bonchev–Trinajstić information content (AvgIpc) is 4.00. The van der Waals surface area contributed by atoms with Crippen LogP contribution in [0.4, 0.5) is 11.4 Å². The van der Waals surface area contributed by atoms with Crippen LogP contribution in [0.3, 0.4) is 0 Å². The Balaban J connectivity index is 0.927. The first-order valence-electron chi connectivity index (χ1n) is 19.4. The number of carbonyl (C=O) groups excluding carboxylic acids is 4. The molecule has 2 aromatic heterocycles. The van der Waals surface area contributed by atoms with Gasteiger partial charge in [0.2, 0.25) is 35.4 Å². The molecule has 0 unspecified atom stereocenters. The summed E-state index contributed by atoms with van der Waals surface area (Å²) >= 11 is 0. The molecule has 1 N–H and O–H groups in total. The number of fused-ring (bicyclic) bond motifs is 6. The lowest BCUT2D eigenvalue weighted by Crippen LogP contribution is -2.43. The second kappa shape index (κ2) is 12.7. The van der Waals surface area contributed by atoms with Crippen molar-refractivity contribution < 1.29 is 33.1 Å². The Morgan fingerprint density at radius 3 is 1.69 bits per heavy atom. The lowest BCUT2D eigenvalue weighted by atomic mass is 9.57. The number of allylic oxidation sites excluding steroid dienone is 2. The molecule has 58 heavy (non-hydrogen) atoms. The lowest BCUT2D eigenvalue weighted by molar-refractivity contribution is -0.126. The molecule has 4 heterocycles. The van der Waals surface area contributed by atoms with Crippen LogP contribution < -0.4 is 9.80 Å². The smallest absolute Gasteiger partial charge is 0.238 e. The third-order valence-corrected chi connectivity index (χ3v) is 12.6. The van der Waals surface area contributed by atoms with Crippen LogP contribution in [0, 0.1) is 36.5 Å². The molecule has 0 spiro atoms. The molecule has 6 atom stereocenters. The van der Waals surface area contributed by atoms with E-state index in [-0.39, 0.29) is 35.8 Å².